The SMILES string of the molecule is COC(CC1(C)NC(=O)NC1=O)C(=O)N1CCN(c2cc(Cl)cc(Cl)c2)CC1. The van der Waals surface area contributed by atoms with Crippen molar-refractivity contribution in [1.82, 2.24) is 15.5 Å². The molecule has 0 radical (unpaired) electrons. The van der Waals surface area contributed by atoms with Crippen molar-refractivity contribution in [1.29, 1.82) is 0 Å². The van der Waals surface area contributed by atoms with Crippen LogP contribution in [0.5, 0.6) is 0 Å². The largest absolute Gasteiger partial charge is 0.372 e. The second-order valence-electron chi connectivity index (χ2n) is 7.11. The number of rotatable bonds is 5. The average Bonchev–Trinajstić information content (AvgIpc) is 2.90. The number of ether oxygens (including phenoxy) is 1. The Labute approximate surface area is 173 Å². The molecule has 2 aliphatic rings. The van der Waals surface area contributed by atoms with Crippen LogP contribution in [0.1, 0.15) is 13.3 Å². The molecule has 2 unspecified atom stereocenters. The first-order chi connectivity index (χ1) is 13.2. The number of urea groups is 1. The molecule has 1 aromatic carbocycles. The number of carbonyl (C=O) groups excluding carboxylic acids is 3. The minimum Gasteiger partial charge on any atom is -0.372 e. The van der Waals surface area contributed by atoms with Crippen LogP contribution in [0.15, 0.2) is 18.2 Å². The summed E-state index contributed by atoms with van der Waals surface area (Å²) in [5.74, 6) is -0.670. The van der Waals surface area contributed by atoms with E-state index in [4.69, 9.17) is 27.9 Å². The van der Waals surface area contributed by atoms with E-state index >= 15 is 0 Å². The van der Waals surface area contributed by atoms with Crippen LogP contribution < -0.4 is 15.5 Å². The number of benzene rings is 1. The van der Waals surface area contributed by atoms with Crippen LogP contribution in [-0.4, -0.2) is 67.7 Å². The molecule has 10 heteroatoms. The first-order valence-electron chi connectivity index (χ1n) is 8.88. The molecule has 4 amide bonds. The second kappa shape index (κ2) is 8.14. The molecule has 0 bridgehead atoms. The summed E-state index contributed by atoms with van der Waals surface area (Å²) in [4.78, 5) is 40.1. The Morgan fingerprint density at radius 3 is 2.29 bits per heavy atom. The Kier molecular flexibility index (Phi) is 6.02. The maximum absolute atomic E-state index is 12.9. The third-order valence-corrected chi connectivity index (χ3v) is 5.51. The van der Waals surface area contributed by atoms with E-state index in [1.165, 1.54) is 7.11 Å². The van der Waals surface area contributed by atoms with Gasteiger partial charge in [0.1, 0.15) is 11.6 Å². The number of nitrogens with zero attached hydrogens (tertiary/aromatic N) is 2. The molecule has 0 spiro atoms. The first kappa shape index (κ1) is 20.7. The summed E-state index contributed by atoms with van der Waals surface area (Å²) in [7, 11) is 1.42. The van der Waals surface area contributed by atoms with Crippen LogP contribution >= 0.6 is 23.2 Å². The van der Waals surface area contributed by atoms with Crippen molar-refractivity contribution >= 4 is 46.7 Å². The predicted octanol–water partition coefficient (Wildman–Crippen LogP) is 1.65. The molecule has 0 aliphatic carbocycles. The zero-order valence-corrected chi connectivity index (χ0v) is 17.1. The van der Waals surface area contributed by atoms with Gasteiger partial charge in [-0.3, -0.25) is 14.9 Å². The summed E-state index contributed by atoms with van der Waals surface area (Å²) in [5, 5.41) is 5.87. The Bertz CT molecular complexity index is 778. The molecule has 2 saturated heterocycles. The molecular formula is C18H22Cl2N4O4. The molecule has 1 aromatic rings. The number of halogens is 2. The summed E-state index contributed by atoms with van der Waals surface area (Å²) in [6.07, 6.45) is -0.773. The number of piperazine rings is 1. The van der Waals surface area contributed by atoms with Gasteiger partial charge in [0.05, 0.1) is 0 Å². The Morgan fingerprint density at radius 2 is 1.79 bits per heavy atom. The van der Waals surface area contributed by atoms with Crippen molar-refractivity contribution < 1.29 is 19.1 Å². The van der Waals surface area contributed by atoms with Gasteiger partial charge in [0, 0.05) is 55.4 Å². The molecule has 152 valence electrons. The van der Waals surface area contributed by atoms with Crippen molar-refractivity contribution in [2.75, 3.05) is 38.2 Å². The molecule has 2 heterocycles. The number of carbonyl (C=O) groups is 3. The monoisotopic (exact) mass is 428 g/mol. The van der Waals surface area contributed by atoms with Gasteiger partial charge >= 0.3 is 6.03 Å². The van der Waals surface area contributed by atoms with Gasteiger partial charge in [-0.25, -0.2) is 4.79 Å². The van der Waals surface area contributed by atoms with Crippen LogP contribution in [0, 0.1) is 0 Å². The van der Waals surface area contributed by atoms with E-state index in [-0.39, 0.29) is 12.3 Å². The lowest BCUT2D eigenvalue weighted by Crippen LogP contribution is -2.54. The quantitative estimate of drug-likeness (QED) is 0.695. The van der Waals surface area contributed by atoms with Crippen molar-refractivity contribution in [3.05, 3.63) is 28.2 Å². The molecule has 3 rings (SSSR count). The van der Waals surface area contributed by atoms with Crippen molar-refractivity contribution in [2.24, 2.45) is 0 Å². The predicted molar refractivity (Wildman–Crippen MR) is 106 cm³/mol. The molecule has 2 fully saturated rings. The fraction of sp³-hybridized carbons (Fsp3) is 0.500. The summed E-state index contributed by atoms with van der Waals surface area (Å²) in [6.45, 7) is 3.81. The Hall–Kier alpha value is -2.03. The van der Waals surface area contributed by atoms with E-state index in [9.17, 15) is 14.4 Å². The molecule has 28 heavy (non-hydrogen) atoms. The van der Waals surface area contributed by atoms with E-state index < -0.39 is 23.6 Å². The Morgan fingerprint density at radius 1 is 1.18 bits per heavy atom. The van der Waals surface area contributed by atoms with Crippen molar-refractivity contribution in [2.45, 2.75) is 25.0 Å². The van der Waals surface area contributed by atoms with Gasteiger partial charge in [-0.1, -0.05) is 23.2 Å². The van der Waals surface area contributed by atoms with E-state index in [0.717, 1.165) is 5.69 Å². The van der Waals surface area contributed by atoms with Crippen LogP contribution in [0.2, 0.25) is 10.0 Å². The average molecular weight is 429 g/mol. The summed E-state index contributed by atoms with van der Waals surface area (Å²) in [6, 6.07) is 4.79. The van der Waals surface area contributed by atoms with Crippen LogP contribution in [0.4, 0.5) is 10.5 Å². The minimum atomic E-state index is -1.17. The van der Waals surface area contributed by atoms with Crippen LogP contribution in [-0.2, 0) is 14.3 Å². The van der Waals surface area contributed by atoms with Crippen molar-refractivity contribution in [3.63, 3.8) is 0 Å². The molecule has 2 N–H and O–H groups in total. The highest BCUT2D eigenvalue weighted by Gasteiger charge is 2.45. The van der Waals surface area contributed by atoms with E-state index in [0.29, 0.717) is 36.2 Å². The fourth-order valence-corrected chi connectivity index (χ4v) is 3.99. The van der Waals surface area contributed by atoms with Gasteiger partial charge in [-0.2, -0.15) is 0 Å². The lowest BCUT2D eigenvalue weighted by molar-refractivity contribution is -0.144. The summed E-state index contributed by atoms with van der Waals surface area (Å²) < 4.78 is 5.35. The number of imide groups is 1. The zero-order valence-electron chi connectivity index (χ0n) is 15.6. The molecule has 0 saturated carbocycles. The van der Waals surface area contributed by atoms with Crippen LogP contribution in [0.3, 0.4) is 0 Å². The first-order valence-corrected chi connectivity index (χ1v) is 9.63. The third-order valence-electron chi connectivity index (χ3n) is 5.08. The normalized spacial score (nSPS) is 23.4. The van der Waals surface area contributed by atoms with Crippen LogP contribution in [0.25, 0.3) is 0 Å². The zero-order chi connectivity index (χ0) is 20.5. The minimum absolute atomic E-state index is 0.0595. The molecular weight excluding hydrogens is 407 g/mol. The molecule has 0 aromatic heterocycles. The smallest absolute Gasteiger partial charge is 0.322 e. The number of nitrogens with one attached hydrogen (secondary N) is 2. The number of anilines is 1. The fourth-order valence-electron chi connectivity index (χ4n) is 3.48. The number of hydrogen-bond acceptors (Lipinski definition) is 5. The maximum Gasteiger partial charge on any atom is 0.322 e. The topological polar surface area (TPSA) is 91.0 Å². The second-order valence-corrected chi connectivity index (χ2v) is 7.98. The number of methoxy groups -OCH3 is 1. The van der Waals surface area contributed by atoms with E-state index in [1.807, 2.05) is 12.1 Å². The molecule has 2 aliphatic heterocycles. The highest BCUT2D eigenvalue weighted by molar-refractivity contribution is 6.35. The number of hydrogen-bond donors (Lipinski definition) is 2. The number of amides is 4. The van der Waals surface area contributed by atoms with E-state index in [1.54, 1.807) is 17.9 Å². The highest BCUT2D eigenvalue weighted by Crippen LogP contribution is 2.27. The molecule has 2 atom stereocenters. The summed E-state index contributed by atoms with van der Waals surface area (Å²) in [5.41, 5.74) is -0.266. The third kappa shape index (κ3) is 4.34. The van der Waals surface area contributed by atoms with Gasteiger partial charge in [0.25, 0.3) is 11.8 Å². The van der Waals surface area contributed by atoms with Gasteiger partial charge in [0.2, 0.25) is 0 Å². The lowest BCUT2D eigenvalue weighted by atomic mass is 9.93. The lowest BCUT2D eigenvalue weighted by Gasteiger charge is -2.38. The highest BCUT2D eigenvalue weighted by atomic mass is 35.5. The van der Waals surface area contributed by atoms with E-state index in [2.05, 4.69) is 15.5 Å². The van der Waals surface area contributed by atoms with Crippen molar-refractivity contribution in [3.8, 4) is 0 Å². The van der Waals surface area contributed by atoms with Gasteiger partial charge < -0.3 is 19.9 Å². The van der Waals surface area contributed by atoms with Gasteiger partial charge in [0.15, 0.2) is 0 Å². The van der Waals surface area contributed by atoms with Gasteiger partial charge in [-0.15, -0.1) is 0 Å². The standard InChI is InChI=1S/C18H22Cl2N4O4/c1-18(16(26)21-17(27)22-18)10-14(28-2)15(25)24-5-3-23(4-6-24)13-8-11(19)7-12(20)9-13/h7-9,14H,3-6,10H2,1-2H3,(H2,21,22,26,27). The van der Waals surface area contributed by atoms with Gasteiger partial charge in [-0.05, 0) is 25.1 Å². The maximum atomic E-state index is 12.9. The summed E-state index contributed by atoms with van der Waals surface area (Å²) >= 11 is 12.1. The molecule has 8 nitrogen and oxygen atoms in total. The Balaban J connectivity index is 1.62.